The second kappa shape index (κ2) is 9.60. The maximum Gasteiger partial charge on any atom is 0.251 e. The average molecular weight is 462 g/mol. The van der Waals surface area contributed by atoms with Crippen LogP contribution in [0.5, 0.6) is 5.75 Å². The Balaban J connectivity index is 1.84. The van der Waals surface area contributed by atoms with Crippen LogP contribution >= 0.6 is 10.0 Å². The van der Waals surface area contributed by atoms with E-state index in [9.17, 15) is 18.8 Å². The van der Waals surface area contributed by atoms with E-state index in [4.69, 9.17) is 4.74 Å². The number of benzene rings is 2. The van der Waals surface area contributed by atoms with Crippen LogP contribution in [0.25, 0.3) is 0 Å². The number of anilines is 1. The lowest BCUT2D eigenvalue weighted by Crippen LogP contribution is -2.40. The van der Waals surface area contributed by atoms with Crippen molar-refractivity contribution in [2.75, 3.05) is 37.7 Å². The lowest BCUT2D eigenvalue weighted by Gasteiger charge is -2.26. The van der Waals surface area contributed by atoms with Crippen LogP contribution in [0.15, 0.2) is 47.4 Å². The smallest absolute Gasteiger partial charge is 0.251 e. The monoisotopic (exact) mass is 461 g/mol. The number of amides is 3. The molecular weight excluding hydrogens is 433 g/mol. The fourth-order valence-corrected chi connectivity index (χ4v) is 4.26. The van der Waals surface area contributed by atoms with Crippen molar-refractivity contribution in [2.24, 2.45) is 5.92 Å². The highest BCUT2D eigenvalue weighted by Gasteiger charge is 2.32. The van der Waals surface area contributed by atoms with Gasteiger partial charge in [0.05, 0.1) is 18.7 Å². The van der Waals surface area contributed by atoms with Gasteiger partial charge in [0, 0.05) is 13.0 Å². The van der Waals surface area contributed by atoms with E-state index < -0.39 is 39.6 Å². The minimum atomic E-state index is -1.12. The van der Waals surface area contributed by atoms with Gasteiger partial charge in [0.15, 0.2) is 0 Å². The van der Waals surface area contributed by atoms with Gasteiger partial charge in [-0.05, 0) is 59.6 Å². The molecule has 1 heterocycles. The van der Waals surface area contributed by atoms with Crippen molar-refractivity contribution >= 4 is 33.4 Å². The molecule has 1 aliphatic rings. The van der Waals surface area contributed by atoms with E-state index in [1.54, 1.807) is 30.3 Å². The molecule has 3 N–H and O–H groups in total. The first kappa shape index (κ1) is 23.6. The maximum absolute atomic E-state index is 14.7. The van der Waals surface area contributed by atoms with Gasteiger partial charge in [0.25, 0.3) is 5.91 Å². The molecular formula is C23H28FN3O4S. The highest BCUT2D eigenvalue weighted by atomic mass is 32.3. The van der Waals surface area contributed by atoms with Gasteiger partial charge in [-0.1, -0.05) is 12.1 Å². The summed E-state index contributed by atoms with van der Waals surface area (Å²) in [4.78, 5) is 38.2. The summed E-state index contributed by atoms with van der Waals surface area (Å²) in [5.74, 6) is -1.73. The third-order valence-corrected chi connectivity index (χ3v) is 6.92. The van der Waals surface area contributed by atoms with Crippen LogP contribution < -0.4 is 20.7 Å². The average Bonchev–Trinajstić information content (AvgIpc) is 3.19. The first-order valence-electron chi connectivity index (χ1n) is 10.1. The van der Waals surface area contributed by atoms with Crippen molar-refractivity contribution in [3.63, 3.8) is 0 Å². The van der Waals surface area contributed by atoms with E-state index in [1.165, 1.54) is 19.2 Å². The summed E-state index contributed by atoms with van der Waals surface area (Å²) in [7, 11) is 0.403. The van der Waals surface area contributed by atoms with Gasteiger partial charge in [-0.25, -0.2) is 14.4 Å². The Hall–Kier alpha value is -3.07. The molecule has 2 unspecified atom stereocenters. The van der Waals surface area contributed by atoms with Gasteiger partial charge in [-0.3, -0.25) is 14.4 Å². The zero-order chi connectivity index (χ0) is 23.5. The molecule has 1 saturated heterocycles. The summed E-state index contributed by atoms with van der Waals surface area (Å²) < 4.78 is 19.9. The number of nitrogens with one attached hydrogen (secondary N) is 3. The van der Waals surface area contributed by atoms with E-state index in [-0.39, 0.29) is 24.6 Å². The van der Waals surface area contributed by atoms with Gasteiger partial charge in [0.2, 0.25) is 11.8 Å². The molecule has 172 valence electrons. The second-order valence-corrected chi connectivity index (χ2v) is 12.5. The van der Waals surface area contributed by atoms with Gasteiger partial charge in [0.1, 0.15) is 17.6 Å². The third kappa shape index (κ3) is 5.59. The van der Waals surface area contributed by atoms with Crippen LogP contribution in [0.1, 0.15) is 18.0 Å². The van der Waals surface area contributed by atoms with Crippen molar-refractivity contribution in [1.82, 2.24) is 10.6 Å². The van der Waals surface area contributed by atoms with Gasteiger partial charge < -0.3 is 20.7 Å². The lowest BCUT2D eigenvalue weighted by molar-refractivity contribution is -0.129. The normalized spacial score (nSPS) is 17.3. The molecule has 3 rings (SSSR count). The third-order valence-electron chi connectivity index (χ3n) is 5.25. The molecule has 32 heavy (non-hydrogen) atoms. The zero-order valence-corrected chi connectivity index (χ0v) is 19.3. The molecule has 0 radical (unpaired) electrons. The van der Waals surface area contributed by atoms with E-state index >= 15 is 0 Å². The Bertz CT molecular complexity index is 1020. The summed E-state index contributed by atoms with van der Waals surface area (Å²) in [6, 6.07) is 10.3. The predicted octanol–water partition coefficient (Wildman–Crippen LogP) is 2.82. The number of hydrogen-bond donors (Lipinski definition) is 3. The quantitative estimate of drug-likeness (QED) is 0.591. The first-order valence-corrected chi connectivity index (χ1v) is 12.9. The Morgan fingerprint density at radius 3 is 2.38 bits per heavy atom. The summed E-state index contributed by atoms with van der Waals surface area (Å²) in [6.07, 6.45) is 6.22. The number of carbonyl (C=O) groups is 3. The minimum absolute atomic E-state index is 0.0351. The topological polar surface area (TPSA) is 96.5 Å². The number of carbonyl (C=O) groups excluding carboxylic acids is 3. The minimum Gasteiger partial charge on any atom is -0.497 e. The van der Waals surface area contributed by atoms with E-state index in [0.29, 0.717) is 11.3 Å². The van der Waals surface area contributed by atoms with Crippen molar-refractivity contribution in [2.45, 2.75) is 17.4 Å². The van der Waals surface area contributed by atoms with Gasteiger partial charge >= 0.3 is 0 Å². The van der Waals surface area contributed by atoms with E-state index in [1.807, 2.05) is 0 Å². The number of ether oxygens (including phenoxy) is 1. The fraction of sp³-hybridized carbons (Fsp3) is 0.348. The fourth-order valence-electron chi connectivity index (χ4n) is 3.33. The molecule has 0 aliphatic carbocycles. The second-order valence-electron chi connectivity index (χ2n) is 8.39. The van der Waals surface area contributed by atoms with E-state index in [2.05, 4.69) is 34.7 Å². The predicted molar refractivity (Wildman–Crippen MR) is 124 cm³/mol. The standard InChI is InChI=1S/C23H28FN3O4S/c1-31-16-7-5-14(6-8-16)21(27-22(29)15-11-20(28)25-13-15)23(30)26-19-10-9-17(12-18(19)24)32(2,3)4/h5-10,12,15,21H,11,13H2,1-4H3,(H,25,28)(H,26,30)(H,27,29). The number of rotatable bonds is 7. The van der Waals surface area contributed by atoms with Crippen molar-refractivity contribution < 1.29 is 23.5 Å². The number of methoxy groups -OCH3 is 1. The van der Waals surface area contributed by atoms with Crippen LogP contribution in [0.2, 0.25) is 0 Å². The van der Waals surface area contributed by atoms with Gasteiger partial charge in [-0.15, -0.1) is 0 Å². The Kier molecular flexibility index (Phi) is 7.08. The molecule has 0 bridgehead atoms. The first-order chi connectivity index (χ1) is 15.1. The molecule has 0 saturated carbocycles. The number of hydrogen-bond acceptors (Lipinski definition) is 4. The van der Waals surface area contributed by atoms with Crippen LogP contribution in [-0.4, -0.2) is 50.1 Å². The van der Waals surface area contributed by atoms with Crippen LogP contribution in [-0.2, 0) is 14.4 Å². The molecule has 2 aromatic rings. The van der Waals surface area contributed by atoms with Crippen LogP contribution in [0.4, 0.5) is 10.1 Å². The van der Waals surface area contributed by atoms with Crippen molar-refractivity contribution in [3.05, 3.63) is 53.8 Å². The maximum atomic E-state index is 14.7. The number of halogens is 1. The molecule has 0 spiro atoms. The Morgan fingerprint density at radius 1 is 1.16 bits per heavy atom. The highest BCUT2D eigenvalue weighted by Crippen LogP contribution is 2.45. The SMILES string of the molecule is COc1ccc(C(NC(=O)C2CNC(=O)C2)C(=O)Nc2ccc(S(C)(C)C)cc2F)cc1. The summed E-state index contributed by atoms with van der Waals surface area (Å²) in [5, 5.41) is 7.90. The molecule has 1 aliphatic heterocycles. The van der Waals surface area contributed by atoms with Crippen LogP contribution in [0, 0.1) is 11.7 Å². The van der Waals surface area contributed by atoms with E-state index in [0.717, 1.165) is 4.90 Å². The molecule has 3 amide bonds. The zero-order valence-electron chi connectivity index (χ0n) is 18.5. The summed E-state index contributed by atoms with van der Waals surface area (Å²) in [6.45, 7) is 0.215. The Labute approximate surface area is 188 Å². The molecule has 9 heteroatoms. The Morgan fingerprint density at radius 2 is 1.84 bits per heavy atom. The summed E-state index contributed by atoms with van der Waals surface area (Å²) >= 11 is 0. The van der Waals surface area contributed by atoms with Crippen LogP contribution in [0.3, 0.4) is 0 Å². The molecule has 1 fully saturated rings. The highest BCUT2D eigenvalue weighted by molar-refractivity contribution is 8.32. The van der Waals surface area contributed by atoms with Crippen molar-refractivity contribution in [1.29, 1.82) is 0 Å². The molecule has 7 nitrogen and oxygen atoms in total. The van der Waals surface area contributed by atoms with Gasteiger partial charge in [-0.2, -0.15) is 0 Å². The molecule has 2 atom stereocenters. The molecule has 0 aromatic heterocycles. The molecule has 2 aromatic carbocycles. The van der Waals surface area contributed by atoms with Crippen molar-refractivity contribution in [3.8, 4) is 5.75 Å². The summed E-state index contributed by atoms with van der Waals surface area (Å²) in [5.41, 5.74) is 0.540. The largest absolute Gasteiger partial charge is 0.497 e. The lowest BCUT2D eigenvalue weighted by atomic mass is 10.0.